The van der Waals surface area contributed by atoms with Crippen molar-refractivity contribution in [2.24, 2.45) is 5.92 Å². The van der Waals surface area contributed by atoms with Crippen molar-refractivity contribution in [2.75, 3.05) is 29.4 Å². The summed E-state index contributed by atoms with van der Waals surface area (Å²) >= 11 is 0. The number of hydrogen-bond donors (Lipinski definition) is 2. The van der Waals surface area contributed by atoms with E-state index in [0.717, 1.165) is 25.0 Å². The molecule has 1 unspecified atom stereocenters. The average molecular weight is 492 g/mol. The van der Waals surface area contributed by atoms with Crippen molar-refractivity contribution < 1.29 is 27.1 Å². The SMILES string of the molecule is CC(C)(C)OCNc1ccc2c(c1)N(S(=O)(=O)c1ccc(F)cc1)CC(CNC(=O)C1CC1)O2. The van der Waals surface area contributed by atoms with Crippen molar-refractivity contribution in [3.8, 4) is 5.75 Å². The van der Waals surface area contributed by atoms with Crippen molar-refractivity contribution in [3.63, 3.8) is 0 Å². The average Bonchev–Trinajstić information content (AvgIpc) is 3.62. The van der Waals surface area contributed by atoms with E-state index in [2.05, 4.69) is 10.6 Å². The summed E-state index contributed by atoms with van der Waals surface area (Å²) in [4.78, 5) is 12.1. The predicted molar refractivity (Wildman–Crippen MR) is 127 cm³/mol. The number of fused-ring (bicyclic) bond motifs is 1. The summed E-state index contributed by atoms with van der Waals surface area (Å²) in [6.45, 7) is 6.24. The summed E-state index contributed by atoms with van der Waals surface area (Å²) in [5.41, 5.74) is 0.682. The van der Waals surface area contributed by atoms with Gasteiger partial charge in [0, 0.05) is 11.6 Å². The molecule has 1 saturated carbocycles. The number of nitrogens with zero attached hydrogens (tertiary/aromatic N) is 1. The van der Waals surface area contributed by atoms with Crippen molar-refractivity contribution in [3.05, 3.63) is 48.3 Å². The molecule has 1 fully saturated rings. The highest BCUT2D eigenvalue weighted by atomic mass is 32.2. The van der Waals surface area contributed by atoms with E-state index in [1.165, 1.54) is 16.4 Å². The van der Waals surface area contributed by atoms with E-state index >= 15 is 0 Å². The second-order valence-electron chi connectivity index (χ2n) is 9.51. The Labute approximate surface area is 199 Å². The third-order valence-corrected chi connectivity index (χ3v) is 7.32. The van der Waals surface area contributed by atoms with Crippen LogP contribution in [0.5, 0.6) is 5.75 Å². The molecule has 1 amide bonds. The Morgan fingerprint density at radius 2 is 1.88 bits per heavy atom. The summed E-state index contributed by atoms with van der Waals surface area (Å²) in [6.07, 6.45) is 1.17. The van der Waals surface area contributed by atoms with Crippen molar-refractivity contribution in [2.45, 2.75) is 50.2 Å². The first-order valence-corrected chi connectivity index (χ1v) is 12.7. The first kappa shape index (κ1) is 24.3. The van der Waals surface area contributed by atoms with Gasteiger partial charge in [-0.3, -0.25) is 9.10 Å². The zero-order valence-electron chi connectivity index (χ0n) is 19.5. The quantitative estimate of drug-likeness (QED) is 0.549. The number of ether oxygens (including phenoxy) is 2. The van der Waals surface area contributed by atoms with Crippen LogP contribution in [0.4, 0.5) is 15.8 Å². The van der Waals surface area contributed by atoms with Crippen LogP contribution < -0.4 is 19.7 Å². The molecule has 0 radical (unpaired) electrons. The molecule has 4 rings (SSSR count). The van der Waals surface area contributed by atoms with Gasteiger partial charge in [-0.2, -0.15) is 0 Å². The summed E-state index contributed by atoms with van der Waals surface area (Å²) < 4.78 is 53.5. The lowest BCUT2D eigenvalue weighted by molar-refractivity contribution is -0.122. The number of amides is 1. The van der Waals surface area contributed by atoms with Crippen LogP contribution in [0.3, 0.4) is 0 Å². The number of carbonyl (C=O) groups is 1. The fraction of sp³-hybridized carbons (Fsp3) is 0.458. The fourth-order valence-corrected chi connectivity index (χ4v) is 5.03. The molecule has 0 bridgehead atoms. The third-order valence-electron chi connectivity index (χ3n) is 5.53. The summed E-state index contributed by atoms with van der Waals surface area (Å²) in [6, 6.07) is 9.86. The molecular weight excluding hydrogens is 461 g/mol. The summed E-state index contributed by atoms with van der Waals surface area (Å²) in [5.74, 6) is -0.142. The number of rotatable bonds is 8. The topological polar surface area (TPSA) is 97.0 Å². The molecule has 2 N–H and O–H groups in total. The van der Waals surface area contributed by atoms with Crippen LogP contribution >= 0.6 is 0 Å². The van der Waals surface area contributed by atoms with Gasteiger partial charge < -0.3 is 20.1 Å². The smallest absolute Gasteiger partial charge is 0.264 e. The van der Waals surface area contributed by atoms with Gasteiger partial charge in [0.15, 0.2) is 0 Å². The van der Waals surface area contributed by atoms with Gasteiger partial charge in [-0.25, -0.2) is 12.8 Å². The van der Waals surface area contributed by atoms with E-state index in [1.807, 2.05) is 20.8 Å². The minimum atomic E-state index is -4.01. The Bertz CT molecular complexity index is 1140. The van der Waals surface area contributed by atoms with E-state index in [9.17, 15) is 17.6 Å². The molecule has 0 aromatic heterocycles. The van der Waals surface area contributed by atoms with Gasteiger partial charge in [0.25, 0.3) is 10.0 Å². The van der Waals surface area contributed by atoms with Crippen LogP contribution in [0.25, 0.3) is 0 Å². The zero-order valence-corrected chi connectivity index (χ0v) is 20.3. The van der Waals surface area contributed by atoms with Crippen molar-refractivity contribution >= 4 is 27.3 Å². The standard InChI is InChI=1S/C24H30FN3O5S/c1-24(2,3)32-15-27-18-8-11-22-21(12-18)28(34(30,31)20-9-6-17(25)7-10-20)14-19(33-22)13-26-23(29)16-4-5-16/h6-12,16,19,27H,4-5,13-15H2,1-3H3,(H,26,29). The molecule has 0 saturated heterocycles. The monoisotopic (exact) mass is 491 g/mol. The molecule has 184 valence electrons. The number of halogens is 1. The first-order valence-electron chi connectivity index (χ1n) is 11.3. The van der Waals surface area contributed by atoms with Gasteiger partial charge in [-0.05, 0) is 76.1 Å². The normalized spacial score (nSPS) is 18.1. The highest BCUT2D eigenvalue weighted by Crippen LogP contribution is 2.39. The molecule has 0 spiro atoms. The molecule has 1 aliphatic carbocycles. The van der Waals surface area contributed by atoms with Gasteiger partial charge in [0.1, 0.15) is 24.4 Å². The van der Waals surface area contributed by atoms with Gasteiger partial charge in [-0.15, -0.1) is 0 Å². The largest absolute Gasteiger partial charge is 0.484 e. The van der Waals surface area contributed by atoms with E-state index in [4.69, 9.17) is 9.47 Å². The van der Waals surface area contributed by atoms with Crippen LogP contribution in [0.1, 0.15) is 33.6 Å². The number of anilines is 2. The lowest BCUT2D eigenvalue weighted by Gasteiger charge is -2.36. The lowest BCUT2D eigenvalue weighted by Crippen LogP contribution is -2.48. The van der Waals surface area contributed by atoms with Gasteiger partial charge in [0.2, 0.25) is 5.91 Å². The van der Waals surface area contributed by atoms with Gasteiger partial charge in [0.05, 0.1) is 29.3 Å². The number of sulfonamides is 1. The predicted octanol–water partition coefficient (Wildman–Crippen LogP) is 3.49. The Morgan fingerprint density at radius 1 is 1.18 bits per heavy atom. The zero-order chi connectivity index (χ0) is 24.5. The van der Waals surface area contributed by atoms with Crippen LogP contribution in [-0.2, 0) is 19.6 Å². The van der Waals surface area contributed by atoms with E-state index in [1.54, 1.807) is 18.2 Å². The van der Waals surface area contributed by atoms with Crippen LogP contribution in [0, 0.1) is 11.7 Å². The minimum absolute atomic E-state index is 0.000396. The van der Waals surface area contributed by atoms with Crippen molar-refractivity contribution in [1.29, 1.82) is 0 Å². The van der Waals surface area contributed by atoms with Crippen LogP contribution in [-0.4, -0.2) is 45.9 Å². The van der Waals surface area contributed by atoms with Crippen molar-refractivity contribution in [1.82, 2.24) is 5.32 Å². The number of benzene rings is 2. The van der Waals surface area contributed by atoms with E-state index < -0.39 is 21.9 Å². The molecule has 2 aromatic rings. The van der Waals surface area contributed by atoms with E-state index in [-0.39, 0.29) is 42.1 Å². The minimum Gasteiger partial charge on any atom is -0.484 e. The first-order chi connectivity index (χ1) is 16.0. The maximum atomic E-state index is 13.5. The molecule has 1 heterocycles. The molecule has 1 atom stereocenters. The molecule has 10 heteroatoms. The Balaban J connectivity index is 1.60. The maximum absolute atomic E-state index is 13.5. The Hall–Kier alpha value is -2.85. The maximum Gasteiger partial charge on any atom is 0.264 e. The molecule has 1 aliphatic heterocycles. The highest BCUT2D eigenvalue weighted by Gasteiger charge is 2.36. The molecule has 34 heavy (non-hydrogen) atoms. The third kappa shape index (κ3) is 5.79. The van der Waals surface area contributed by atoms with Crippen LogP contribution in [0.2, 0.25) is 0 Å². The second kappa shape index (κ2) is 9.42. The number of carbonyl (C=O) groups excluding carboxylic acids is 1. The van der Waals surface area contributed by atoms with Gasteiger partial charge >= 0.3 is 0 Å². The lowest BCUT2D eigenvalue weighted by atomic mass is 10.2. The molecule has 8 nitrogen and oxygen atoms in total. The highest BCUT2D eigenvalue weighted by molar-refractivity contribution is 7.92. The molecule has 2 aromatic carbocycles. The Morgan fingerprint density at radius 3 is 2.53 bits per heavy atom. The second-order valence-corrected chi connectivity index (χ2v) is 11.4. The Kier molecular flexibility index (Phi) is 6.73. The summed E-state index contributed by atoms with van der Waals surface area (Å²) in [5, 5.41) is 5.99. The van der Waals surface area contributed by atoms with Crippen LogP contribution in [0.15, 0.2) is 47.4 Å². The molecule has 2 aliphatic rings. The number of nitrogens with one attached hydrogen (secondary N) is 2. The fourth-order valence-electron chi connectivity index (χ4n) is 3.53. The number of hydrogen-bond acceptors (Lipinski definition) is 6. The summed E-state index contributed by atoms with van der Waals surface area (Å²) in [7, 11) is -4.01. The van der Waals surface area contributed by atoms with E-state index in [0.29, 0.717) is 17.1 Å². The van der Waals surface area contributed by atoms with Gasteiger partial charge in [-0.1, -0.05) is 0 Å². The molecular formula is C24H30FN3O5S.